The Morgan fingerprint density at radius 1 is 1.00 bits per heavy atom. The van der Waals surface area contributed by atoms with E-state index < -0.39 is 6.36 Å². The maximum absolute atomic E-state index is 12.6. The minimum Gasteiger partial charge on any atom is -0.497 e. The van der Waals surface area contributed by atoms with Crippen molar-refractivity contribution < 1.29 is 27.4 Å². The fourth-order valence-corrected chi connectivity index (χ4v) is 2.45. The van der Waals surface area contributed by atoms with Crippen LogP contribution < -0.4 is 9.47 Å². The highest BCUT2D eigenvalue weighted by Gasteiger charge is 2.31. The standard InChI is InChI=1S/C18H14F3N3O3/c1-11-16(17(25)12-3-7-14(26-2)8-4-12)22-23-24(11)13-5-9-15(10-6-13)27-18(19,20)21/h3-10H,1-2H3. The molecule has 27 heavy (non-hydrogen) atoms. The molecule has 0 aliphatic heterocycles. The Morgan fingerprint density at radius 2 is 1.59 bits per heavy atom. The van der Waals surface area contributed by atoms with Crippen molar-refractivity contribution in [1.82, 2.24) is 15.0 Å². The fourth-order valence-electron chi connectivity index (χ4n) is 2.45. The summed E-state index contributed by atoms with van der Waals surface area (Å²) in [5.74, 6) is -0.0509. The molecule has 0 bridgehead atoms. The van der Waals surface area contributed by atoms with Gasteiger partial charge in [0.2, 0.25) is 5.78 Å². The van der Waals surface area contributed by atoms with Crippen LogP contribution in [0.15, 0.2) is 48.5 Å². The second-order valence-electron chi connectivity index (χ2n) is 5.53. The van der Waals surface area contributed by atoms with Crippen LogP contribution in [0.4, 0.5) is 13.2 Å². The normalized spacial score (nSPS) is 11.3. The van der Waals surface area contributed by atoms with Crippen LogP contribution in [0.25, 0.3) is 5.69 Å². The summed E-state index contributed by atoms with van der Waals surface area (Å²) in [5.41, 5.74) is 1.47. The summed E-state index contributed by atoms with van der Waals surface area (Å²) in [5, 5.41) is 7.84. The Bertz CT molecular complexity index is 949. The summed E-state index contributed by atoms with van der Waals surface area (Å²) < 4.78 is 47.0. The Labute approximate surface area is 152 Å². The van der Waals surface area contributed by atoms with E-state index in [-0.39, 0.29) is 17.2 Å². The van der Waals surface area contributed by atoms with Crippen molar-refractivity contribution in [3.8, 4) is 17.2 Å². The lowest BCUT2D eigenvalue weighted by Gasteiger charge is -2.09. The first-order chi connectivity index (χ1) is 12.8. The number of benzene rings is 2. The van der Waals surface area contributed by atoms with Crippen molar-refractivity contribution in [3.63, 3.8) is 0 Å². The van der Waals surface area contributed by atoms with Crippen LogP contribution >= 0.6 is 0 Å². The lowest BCUT2D eigenvalue weighted by atomic mass is 10.1. The third-order valence-corrected chi connectivity index (χ3v) is 3.78. The quantitative estimate of drug-likeness (QED) is 0.634. The zero-order chi connectivity index (χ0) is 19.6. The maximum Gasteiger partial charge on any atom is 0.573 e. The molecule has 0 atom stereocenters. The molecule has 3 aromatic rings. The van der Waals surface area contributed by atoms with Gasteiger partial charge in [-0.2, -0.15) is 0 Å². The first-order valence-electron chi connectivity index (χ1n) is 7.76. The number of hydrogen-bond acceptors (Lipinski definition) is 5. The molecular weight excluding hydrogens is 363 g/mol. The van der Waals surface area contributed by atoms with E-state index in [0.29, 0.717) is 22.7 Å². The van der Waals surface area contributed by atoms with Crippen molar-refractivity contribution in [3.05, 3.63) is 65.5 Å². The van der Waals surface area contributed by atoms with E-state index >= 15 is 0 Å². The van der Waals surface area contributed by atoms with Crippen molar-refractivity contribution in [2.75, 3.05) is 7.11 Å². The van der Waals surface area contributed by atoms with E-state index in [9.17, 15) is 18.0 Å². The topological polar surface area (TPSA) is 66.2 Å². The number of nitrogens with zero attached hydrogens (tertiary/aromatic N) is 3. The van der Waals surface area contributed by atoms with Crippen LogP contribution in [-0.4, -0.2) is 34.2 Å². The third kappa shape index (κ3) is 4.08. The second kappa shape index (κ2) is 7.10. The average Bonchev–Trinajstić information content (AvgIpc) is 3.02. The second-order valence-corrected chi connectivity index (χ2v) is 5.53. The molecule has 140 valence electrons. The molecule has 1 aromatic heterocycles. The number of halogens is 3. The van der Waals surface area contributed by atoms with Gasteiger partial charge in [0.25, 0.3) is 0 Å². The molecule has 0 spiro atoms. The van der Waals surface area contributed by atoms with Gasteiger partial charge in [-0.05, 0) is 55.5 Å². The van der Waals surface area contributed by atoms with E-state index in [1.807, 2.05) is 0 Å². The SMILES string of the molecule is COc1ccc(C(=O)c2nnn(-c3ccc(OC(F)(F)F)cc3)c2C)cc1. The molecule has 0 radical (unpaired) electrons. The number of methoxy groups -OCH3 is 1. The molecule has 0 fully saturated rings. The molecular formula is C18H14F3N3O3. The van der Waals surface area contributed by atoms with Crippen molar-refractivity contribution in [2.24, 2.45) is 0 Å². The summed E-state index contributed by atoms with van der Waals surface area (Å²) in [6.07, 6.45) is -4.76. The maximum atomic E-state index is 12.6. The van der Waals surface area contributed by atoms with Gasteiger partial charge in [-0.25, -0.2) is 4.68 Å². The van der Waals surface area contributed by atoms with E-state index in [2.05, 4.69) is 15.0 Å². The molecule has 0 amide bonds. The van der Waals surface area contributed by atoms with Gasteiger partial charge >= 0.3 is 6.36 Å². The van der Waals surface area contributed by atoms with Gasteiger partial charge in [-0.1, -0.05) is 5.21 Å². The van der Waals surface area contributed by atoms with Crippen LogP contribution in [-0.2, 0) is 0 Å². The minimum absolute atomic E-state index is 0.149. The molecule has 2 aromatic carbocycles. The van der Waals surface area contributed by atoms with Crippen LogP contribution in [0.3, 0.4) is 0 Å². The molecule has 3 rings (SSSR count). The average molecular weight is 377 g/mol. The molecule has 0 unspecified atom stereocenters. The number of ether oxygens (including phenoxy) is 2. The van der Waals surface area contributed by atoms with Crippen LogP contribution in [0.2, 0.25) is 0 Å². The highest BCUT2D eigenvalue weighted by atomic mass is 19.4. The lowest BCUT2D eigenvalue weighted by Crippen LogP contribution is -2.17. The van der Waals surface area contributed by atoms with Crippen LogP contribution in [0, 0.1) is 6.92 Å². The molecule has 0 saturated heterocycles. The molecule has 0 N–H and O–H groups in total. The monoisotopic (exact) mass is 377 g/mol. The molecule has 9 heteroatoms. The fraction of sp³-hybridized carbons (Fsp3) is 0.167. The highest BCUT2D eigenvalue weighted by Crippen LogP contribution is 2.24. The number of rotatable bonds is 5. The van der Waals surface area contributed by atoms with Crippen LogP contribution in [0.5, 0.6) is 11.5 Å². The number of carbonyl (C=O) groups is 1. The molecule has 0 saturated carbocycles. The van der Waals surface area contributed by atoms with Gasteiger partial charge in [-0.3, -0.25) is 4.79 Å². The summed E-state index contributed by atoms with van der Waals surface area (Å²) >= 11 is 0. The van der Waals surface area contributed by atoms with E-state index in [0.717, 1.165) is 12.1 Å². The third-order valence-electron chi connectivity index (χ3n) is 3.78. The Hall–Kier alpha value is -3.36. The molecule has 0 aliphatic rings. The summed E-state index contributed by atoms with van der Waals surface area (Å²) in [6, 6.07) is 11.7. The largest absolute Gasteiger partial charge is 0.573 e. The van der Waals surface area contributed by atoms with E-state index in [1.165, 1.54) is 23.9 Å². The number of alkyl halides is 3. The highest BCUT2D eigenvalue weighted by molar-refractivity contribution is 6.08. The van der Waals surface area contributed by atoms with E-state index in [1.54, 1.807) is 31.2 Å². The number of hydrogen-bond donors (Lipinski definition) is 0. The van der Waals surface area contributed by atoms with Gasteiger partial charge in [0.05, 0.1) is 18.5 Å². The van der Waals surface area contributed by atoms with Gasteiger partial charge in [-0.15, -0.1) is 18.3 Å². The lowest BCUT2D eigenvalue weighted by molar-refractivity contribution is -0.274. The predicted molar refractivity (Wildman–Crippen MR) is 89.2 cm³/mol. The van der Waals surface area contributed by atoms with Crippen LogP contribution in [0.1, 0.15) is 21.7 Å². The molecule has 6 nitrogen and oxygen atoms in total. The first kappa shape index (κ1) is 18.4. The Morgan fingerprint density at radius 3 is 2.15 bits per heavy atom. The minimum atomic E-state index is -4.76. The van der Waals surface area contributed by atoms with Crippen molar-refractivity contribution >= 4 is 5.78 Å². The summed E-state index contributed by atoms with van der Waals surface area (Å²) in [6.45, 7) is 1.65. The zero-order valence-electron chi connectivity index (χ0n) is 14.3. The Balaban J connectivity index is 1.85. The molecule has 0 aliphatic carbocycles. The van der Waals surface area contributed by atoms with Crippen molar-refractivity contribution in [1.29, 1.82) is 0 Å². The van der Waals surface area contributed by atoms with Gasteiger partial charge < -0.3 is 9.47 Å². The number of ketones is 1. The van der Waals surface area contributed by atoms with Gasteiger partial charge in [0, 0.05) is 5.56 Å². The summed E-state index contributed by atoms with van der Waals surface area (Å²) in [4.78, 5) is 12.6. The first-order valence-corrected chi connectivity index (χ1v) is 7.76. The number of carbonyl (C=O) groups excluding carboxylic acids is 1. The predicted octanol–water partition coefficient (Wildman–Crippen LogP) is 3.71. The summed E-state index contributed by atoms with van der Waals surface area (Å²) in [7, 11) is 1.53. The Kier molecular flexibility index (Phi) is 4.85. The van der Waals surface area contributed by atoms with Crippen molar-refractivity contribution in [2.45, 2.75) is 13.3 Å². The number of aromatic nitrogens is 3. The molecule has 1 heterocycles. The zero-order valence-corrected chi connectivity index (χ0v) is 14.3. The van der Waals surface area contributed by atoms with Gasteiger partial charge in [0.15, 0.2) is 5.69 Å². The smallest absolute Gasteiger partial charge is 0.497 e. The van der Waals surface area contributed by atoms with Gasteiger partial charge in [0.1, 0.15) is 11.5 Å². The van der Waals surface area contributed by atoms with E-state index in [4.69, 9.17) is 4.74 Å².